The van der Waals surface area contributed by atoms with Gasteiger partial charge in [-0.3, -0.25) is 14.6 Å². The lowest BCUT2D eigenvalue weighted by Gasteiger charge is -2.26. The van der Waals surface area contributed by atoms with E-state index in [2.05, 4.69) is 20.3 Å². The van der Waals surface area contributed by atoms with Gasteiger partial charge in [0.15, 0.2) is 5.94 Å². The van der Waals surface area contributed by atoms with Gasteiger partial charge >= 0.3 is 6.09 Å². The summed E-state index contributed by atoms with van der Waals surface area (Å²) < 4.78 is 1.62. The molecule has 6 heterocycles. The van der Waals surface area contributed by atoms with Crippen molar-refractivity contribution in [3.63, 3.8) is 0 Å². The van der Waals surface area contributed by atoms with E-state index >= 15 is 0 Å². The van der Waals surface area contributed by atoms with Crippen LogP contribution in [0, 0.1) is 0 Å². The van der Waals surface area contributed by atoms with Crippen LogP contribution >= 0.6 is 0 Å². The van der Waals surface area contributed by atoms with Gasteiger partial charge in [-0.05, 0) is 30.7 Å². The molecule has 1 fully saturated rings. The smallest absolute Gasteiger partial charge is 0.407 e. The molecule has 1 saturated heterocycles. The van der Waals surface area contributed by atoms with Crippen LogP contribution in [-0.4, -0.2) is 78.2 Å². The fourth-order valence-electron chi connectivity index (χ4n) is 4.83. The number of pyridine rings is 3. The van der Waals surface area contributed by atoms with Crippen LogP contribution in [0.25, 0.3) is 33.7 Å². The maximum atomic E-state index is 12.0. The van der Waals surface area contributed by atoms with Crippen LogP contribution in [0.2, 0.25) is 0 Å². The molecule has 2 aliphatic rings. The summed E-state index contributed by atoms with van der Waals surface area (Å²) >= 11 is 0. The van der Waals surface area contributed by atoms with Crippen molar-refractivity contribution in [2.75, 3.05) is 29.9 Å². The highest BCUT2D eigenvalue weighted by Gasteiger charge is 2.41. The van der Waals surface area contributed by atoms with Gasteiger partial charge in [0.1, 0.15) is 11.2 Å². The largest absolute Gasteiger partial charge is 0.465 e. The molecule has 0 bridgehead atoms. The number of nitrogens with zero attached hydrogens (tertiary/aromatic N) is 9. The van der Waals surface area contributed by atoms with Crippen molar-refractivity contribution in [3.8, 4) is 22.6 Å². The van der Waals surface area contributed by atoms with Gasteiger partial charge in [0.05, 0.1) is 46.7 Å². The number of hydrogen-bond acceptors (Lipinski definition) is 9. The Hall–Kier alpha value is -4.83. The lowest BCUT2D eigenvalue weighted by Crippen LogP contribution is -2.39. The molecule has 0 saturated carbocycles. The number of carboxylic acid groups (broad SMARTS) is 1. The number of carbonyl (C=O) groups is 1. The van der Waals surface area contributed by atoms with Crippen molar-refractivity contribution in [2.24, 2.45) is 7.05 Å². The Kier molecular flexibility index (Phi) is 4.90. The summed E-state index contributed by atoms with van der Waals surface area (Å²) in [5, 5.41) is 17.5. The second-order valence-electron chi connectivity index (χ2n) is 8.79. The van der Waals surface area contributed by atoms with E-state index in [1.54, 1.807) is 42.3 Å². The molecule has 1 atom stereocenters. The zero-order valence-electron chi connectivity index (χ0n) is 19.5. The Morgan fingerprint density at radius 1 is 1.08 bits per heavy atom. The highest BCUT2D eigenvalue weighted by Crippen LogP contribution is 2.46. The minimum Gasteiger partial charge on any atom is -0.465 e. The predicted octanol–water partition coefficient (Wildman–Crippen LogP) is 2.17. The van der Waals surface area contributed by atoms with Crippen molar-refractivity contribution < 1.29 is 14.7 Å². The summed E-state index contributed by atoms with van der Waals surface area (Å²) in [7, 11) is 3.57. The zero-order valence-corrected chi connectivity index (χ0v) is 19.5. The van der Waals surface area contributed by atoms with Crippen molar-refractivity contribution in [1.82, 2.24) is 34.8 Å². The van der Waals surface area contributed by atoms with Crippen LogP contribution in [-0.2, 0) is 11.8 Å². The van der Waals surface area contributed by atoms with E-state index in [-0.39, 0.29) is 12.6 Å². The fourth-order valence-corrected chi connectivity index (χ4v) is 4.83. The first-order valence-electron chi connectivity index (χ1n) is 11.3. The predicted molar refractivity (Wildman–Crippen MR) is 131 cm³/mol. The van der Waals surface area contributed by atoms with Crippen LogP contribution in [0.5, 0.6) is 0 Å². The van der Waals surface area contributed by atoms with E-state index in [1.165, 1.54) is 4.90 Å². The maximum Gasteiger partial charge on any atom is 0.407 e. The molecule has 0 radical (unpaired) electrons. The number of fused-ring (bicyclic) bond motifs is 3. The third-order valence-corrected chi connectivity index (χ3v) is 6.63. The third kappa shape index (κ3) is 3.35. The van der Waals surface area contributed by atoms with Gasteiger partial charge in [-0.1, -0.05) is 5.21 Å². The van der Waals surface area contributed by atoms with Gasteiger partial charge in [-0.25, -0.2) is 14.6 Å². The van der Waals surface area contributed by atoms with Crippen molar-refractivity contribution >= 4 is 34.4 Å². The first kappa shape index (κ1) is 21.7. The molecule has 180 valence electrons. The van der Waals surface area contributed by atoms with Gasteiger partial charge in [0.25, 0.3) is 0 Å². The number of carbonyl (C=O) groups excluding carboxylic acids is 1. The van der Waals surface area contributed by atoms with Crippen LogP contribution in [0.3, 0.4) is 0 Å². The second kappa shape index (κ2) is 8.14. The molecule has 4 aromatic rings. The number of likely N-dealkylation sites (tertiary alicyclic amines) is 1. The van der Waals surface area contributed by atoms with Gasteiger partial charge in [-0.2, -0.15) is 0 Å². The third-order valence-electron chi connectivity index (χ3n) is 6.63. The van der Waals surface area contributed by atoms with E-state index in [1.807, 2.05) is 35.1 Å². The number of amides is 1. The highest BCUT2D eigenvalue weighted by atomic mass is 16.4. The van der Waals surface area contributed by atoms with Crippen molar-refractivity contribution in [2.45, 2.75) is 12.5 Å². The molecule has 6 rings (SSSR count). The molecule has 4 aromatic heterocycles. The van der Waals surface area contributed by atoms with Gasteiger partial charge in [0, 0.05) is 38.9 Å². The topological polar surface area (TPSA) is 133 Å². The summed E-state index contributed by atoms with van der Waals surface area (Å²) in [5.74, 6) is 2.36. The minimum atomic E-state index is -0.973. The molecular formula is C24H21N9O3. The molecule has 0 spiro atoms. The van der Waals surface area contributed by atoms with Gasteiger partial charge in [0.2, 0.25) is 5.82 Å². The van der Waals surface area contributed by atoms with Gasteiger partial charge < -0.3 is 19.8 Å². The molecule has 12 heteroatoms. The first-order chi connectivity index (χ1) is 17.4. The zero-order chi connectivity index (χ0) is 25.0. The van der Waals surface area contributed by atoms with E-state index in [0.29, 0.717) is 46.9 Å². The average Bonchev–Trinajstić information content (AvgIpc) is 3.61. The van der Waals surface area contributed by atoms with Crippen LogP contribution in [0.15, 0.2) is 48.7 Å². The molecule has 2 aliphatic heterocycles. The molecule has 0 unspecified atom stereocenters. The molecule has 0 aliphatic carbocycles. The molecule has 12 nitrogen and oxygen atoms in total. The number of anilines is 2. The van der Waals surface area contributed by atoms with Crippen molar-refractivity contribution in [3.05, 3.63) is 48.7 Å². The number of aryl methyl sites for hydroxylation is 1. The summed E-state index contributed by atoms with van der Waals surface area (Å²) in [5.41, 5.74) is 5.61. The Morgan fingerprint density at radius 2 is 1.92 bits per heavy atom. The molecule has 36 heavy (non-hydrogen) atoms. The minimum absolute atomic E-state index is 0.217. The molecule has 0 aromatic carbocycles. The van der Waals surface area contributed by atoms with Crippen molar-refractivity contribution in [1.29, 1.82) is 0 Å². The van der Waals surface area contributed by atoms with E-state index in [4.69, 9.17) is 4.98 Å². The first-order valence-corrected chi connectivity index (χ1v) is 11.3. The standard InChI is InChI=1S/C24H21N9O3/c1-30-12-19(28-29-30)17-4-3-14(9-25-17)16-5-6-18-22(27-16)23-20(10-26-18)31(2)21(13-34)33(23)15-7-8-32(11-15)24(35)36/h3-6,9-10,12,15H,7-8,11H2,1-2H3,(H,35,36)/t15-/m0/s1. The summed E-state index contributed by atoms with van der Waals surface area (Å²) in [4.78, 5) is 42.5. The summed E-state index contributed by atoms with van der Waals surface area (Å²) in [6, 6.07) is 7.33. The maximum absolute atomic E-state index is 12.0. The summed E-state index contributed by atoms with van der Waals surface area (Å²) in [6.45, 7) is 0.679. The lowest BCUT2D eigenvalue weighted by atomic mass is 10.1. The van der Waals surface area contributed by atoms with E-state index in [0.717, 1.165) is 16.9 Å². The quantitative estimate of drug-likeness (QED) is 0.432. The van der Waals surface area contributed by atoms with Crippen LogP contribution < -0.4 is 9.80 Å². The number of rotatable bonds is 3. The van der Waals surface area contributed by atoms with E-state index < -0.39 is 6.09 Å². The summed E-state index contributed by atoms with van der Waals surface area (Å²) in [6.07, 6.45) is 4.85. The fraction of sp³-hybridized carbons (Fsp3) is 0.250. The SMILES string of the molecule is CN1C(=C=O)N([C@H]2CCN(C(=O)O)C2)c2c1cnc1ccc(-c3ccc(-c4cn(C)nn4)nc3)nc21. The Balaban J connectivity index is 1.44. The highest BCUT2D eigenvalue weighted by molar-refractivity contribution is 6.02. The average molecular weight is 483 g/mol. The van der Waals surface area contributed by atoms with E-state index in [9.17, 15) is 14.7 Å². The Morgan fingerprint density at radius 3 is 2.58 bits per heavy atom. The van der Waals surface area contributed by atoms with Gasteiger partial charge in [-0.15, -0.1) is 5.10 Å². The van der Waals surface area contributed by atoms with Crippen LogP contribution in [0.1, 0.15) is 6.42 Å². The lowest BCUT2D eigenvalue weighted by molar-refractivity contribution is 0.155. The number of hydrogen-bond donors (Lipinski definition) is 1. The van der Waals surface area contributed by atoms with Crippen LogP contribution in [0.4, 0.5) is 16.2 Å². The molecular weight excluding hydrogens is 462 g/mol. The second-order valence-corrected chi connectivity index (χ2v) is 8.79. The normalized spacial score (nSPS) is 17.1. The Labute approximate surface area is 205 Å². The monoisotopic (exact) mass is 483 g/mol. The Bertz CT molecular complexity index is 1560. The molecule has 1 amide bonds. The number of aromatic nitrogens is 6. The molecule has 1 N–H and O–H groups in total.